The molecule has 0 spiro atoms. The molecule has 0 aliphatic carbocycles. The predicted molar refractivity (Wildman–Crippen MR) is 76.9 cm³/mol. The molecule has 20 heavy (non-hydrogen) atoms. The van der Waals surface area contributed by atoms with Crippen LogP contribution in [0, 0.1) is 13.8 Å². The summed E-state index contributed by atoms with van der Waals surface area (Å²) in [6.45, 7) is 5.02. The Morgan fingerprint density at radius 2 is 1.55 bits per heavy atom. The second kappa shape index (κ2) is 5.61. The minimum atomic E-state index is -0.207. The first-order valence-electron chi connectivity index (χ1n) is 6.21. The lowest BCUT2D eigenvalue weighted by atomic mass is 10.1. The van der Waals surface area contributed by atoms with Crippen molar-refractivity contribution in [3.05, 3.63) is 47.4 Å². The largest absolute Gasteiger partial charge is 0.469 e. The van der Waals surface area contributed by atoms with Crippen molar-refractivity contribution in [2.24, 2.45) is 0 Å². The summed E-state index contributed by atoms with van der Waals surface area (Å²) in [5.41, 5.74) is 2.70. The summed E-state index contributed by atoms with van der Waals surface area (Å²) in [5.74, 6) is 0.252. The average Bonchev–Trinajstić information content (AvgIpc) is 2.71. The van der Waals surface area contributed by atoms with Crippen molar-refractivity contribution in [1.29, 1.82) is 0 Å². The highest BCUT2D eigenvalue weighted by molar-refractivity contribution is 6.06. The molecule has 0 aliphatic rings. The second-order valence-electron chi connectivity index (χ2n) is 4.56. The van der Waals surface area contributed by atoms with Gasteiger partial charge in [0.25, 0.3) is 5.91 Å². The summed E-state index contributed by atoms with van der Waals surface area (Å²) in [6, 6.07) is 6.92. The van der Waals surface area contributed by atoms with Gasteiger partial charge in [-0.3, -0.25) is 9.59 Å². The molecule has 1 heterocycles. The van der Waals surface area contributed by atoms with Gasteiger partial charge in [0.05, 0.1) is 11.8 Å². The lowest BCUT2D eigenvalue weighted by Gasteiger charge is -2.07. The number of furan rings is 1. The molecule has 0 radical (unpaired) electrons. The molecule has 5 nitrogen and oxygen atoms in total. The third kappa shape index (κ3) is 3.06. The van der Waals surface area contributed by atoms with Gasteiger partial charge in [0.15, 0.2) is 0 Å². The monoisotopic (exact) mass is 272 g/mol. The SMILES string of the molecule is CC(=O)Nc1ccc(NC(=O)c2c(C)coc2C)cc1. The van der Waals surface area contributed by atoms with Crippen LogP contribution in [0.15, 0.2) is 34.9 Å². The number of aryl methyl sites for hydroxylation is 2. The fourth-order valence-electron chi connectivity index (χ4n) is 1.95. The molecule has 2 rings (SSSR count). The van der Waals surface area contributed by atoms with Crippen LogP contribution >= 0.6 is 0 Å². The molecule has 1 aromatic carbocycles. The van der Waals surface area contributed by atoms with Crippen LogP contribution in [0.2, 0.25) is 0 Å². The van der Waals surface area contributed by atoms with Gasteiger partial charge >= 0.3 is 0 Å². The number of anilines is 2. The molecule has 0 unspecified atom stereocenters. The van der Waals surface area contributed by atoms with Gasteiger partial charge in [-0.15, -0.1) is 0 Å². The van der Waals surface area contributed by atoms with Crippen molar-refractivity contribution < 1.29 is 14.0 Å². The minimum absolute atomic E-state index is 0.133. The Hall–Kier alpha value is -2.56. The van der Waals surface area contributed by atoms with Crippen molar-refractivity contribution in [3.63, 3.8) is 0 Å². The van der Waals surface area contributed by atoms with Gasteiger partial charge in [-0.05, 0) is 38.1 Å². The van der Waals surface area contributed by atoms with E-state index in [2.05, 4.69) is 10.6 Å². The van der Waals surface area contributed by atoms with Gasteiger partial charge in [0.1, 0.15) is 5.76 Å². The van der Waals surface area contributed by atoms with Gasteiger partial charge in [0.2, 0.25) is 5.91 Å². The number of amides is 2. The van der Waals surface area contributed by atoms with Gasteiger partial charge < -0.3 is 15.1 Å². The van der Waals surface area contributed by atoms with E-state index in [1.54, 1.807) is 37.5 Å². The van der Waals surface area contributed by atoms with E-state index in [4.69, 9.17) is 4.42 Å². The lowest BCUT2D eigenvalue weighted by Crippen LogP contribution is -2.13. The first-order chi connectivity index (χ1) is 9.47. The van der Waals surface area contributed by atoms with E-state index >= 15 is 0 Å². The van der Waals surface area contributed by atoms with Crippen molar-refractivity contribution in [2.75, 3.05) is 10.6 Å². The number of rotatable bonds is 3. The maximum atomic E-state index is 12.1. The van der Waals surface area contributed by atoms with E-state index in [1.165, 1.54) is 6.92 Å². The van der Waals surface area contributed by atoms with Crippen molar-refractivity contribution in [2.45, 2.75) is 20.8 Å². The van der Waals surface area contributed by atoms with E-state index in [-0.39, 0.29) is 11.8 Å². The standard InChI is InChI=1S/C15H16N2O3/c1-9-8-20-10(2)14(9)15(19)17-13-6-4-12(5-7-13)16-11(3)18/h4-8H,1-3H3,(H,16,18)(H,17,19). The zero-order valence-electron chi connectivity index (χ0n) is 11.6. The van der Waals surface area contributed by atoms with Crippen LogP contribution < -0.4 is 10.6 Å². The molecule has 2 N–H and O–H groups in total. The Labute approximate surface area is 117 Å². The number of hydrogen-bond donors (Lipinski definition) is 2. The van der Waals surface area contributed by atoms with Crippen molar-refractivity contribution in [3.8, 4) is 0 Å². The van der Waals surface area contributed by atoms with Gasteiger partial charge in [-0.1, -0.05) is 0 Å². The van der Waals surface area contributed by atoms with Crippen molar-refractivity contribution >= 4 is 23.2 Å². The van der Waals surface area contributed by atoms with Gasteiger partial charge in [0, 0.05) is 23.9 Å². The normalized spacial score (nSPS) is 10.2. The summed E-state index contributed by atoms with van der Waals surface area (Å²) in [4.78, 5) is 23.1. The highest BCUT2D eigenvalue weighted by Gasteiger charge is 2.15. The van der Waals surface area contributed by atoms with E-state index in [0.29, 0.717) is 22.7 Å². The maximum Gasteiger partial charge on any atom is 0.259 e. The lowest BCUT2D eigenvalue weighted by molar-refractivity contribution is -0.114. The molecule has 104 valence electrons. The van der Waals surface area contributed by atoms with Gasteiger partial charge in [-0.2, -0.15) is 0 Å². The first-order valence-corrected chi connectivity index (χ1v) is 6.21. The van der Waals surface area contributed by atoms with E-state index in [0.717, 1.165) is 5.56 Å². The van der Waals surface area contributed by atoms with Crippen LogP contribution in [-0.4, -0.2) is 11.8 Å². The molecule has 2 aromatic rings. The molecule has 0 fully saturated rings. The molecule has 1 aromatic heterocycles. The quantitative estimate of drug-likeness (QED) is 0.901. The predicted octanol–water partition coefficient (Wildman–Crippen LogP) is 3.11. The molecular formula is C15H16N2O3. The number of carbonyl (C=O) groups is 2. The fourth-order valence-corrected chi connectivity index (χ4v) is 1.95. The fraction of sp³-hybridized carbons (Fsp3) is 0.200. The van der Waals surface area contributed by atoms with E-state index in [1.807, 2.05) is 6.92 Å². The van der Waals surface area contributed by atoms with Crippen molar-refractivity contribution in [1.82, 2.24) is 0 Å². The second-order valence-corrected chi connectivity index (χ2v) is 4.56. The van der Waals surface area contributed by atoms with E-state index in [9.17, 15) is 9.59 Å². The third-order valence-electron chi connectivity index (χ3n) is 2.85. The number of hydrogen-bond acceptors (Lipinski definition) is 3. The van der Waals surface area contributed by atoms with Crippen LogP contribution in [0.25, 0.3) is 0 Å². The zero-order valence-corrected chi connectivity index (χ0v) is 11.6. The molecule has 5 heteroatoms. The van der Waals surface area contributed by atoms with Crippen LogP contribution in [0.5, 0.6) is 0 Å². The highest BCUT2D eigenvalue weighted by Crippen LogP contribution is 2.19. The summed E-state index contributed by atoms with van der Waals surface area (Å²) in [6.07, 6.45) is 1.56. The van der Waals surface area contributed by atoms with Crippen LogP contribution in [-0.2, 0) is 4.79 Å². The summed E-state index contributed by atoms with van der Waals surface area (Å²) >= 11 is 0. The van der Waals surface area contributed by atoms with Crippen LogP contribution in [0.4, 0.5) is 11.4 Å². The van der Waals surface area contributed by atoms with Crippen LogP contribution in [0.3, 0.4) is 0 Å². The van der Waals surface area contributed by atoms with Gasteiger partial charge in [-0.25, -0.2) is 0 Å². The average molecular weight is 272 g/mol. The third-order valence-corrected chi connectivity index (χ3v) is 2.85. The Bertz CT molecular complexity index is 622. The van der Waals surface area contributed by atoms with Crippen LogP contribution in [0.1, 0.15) is 28.6 Å². The van der Waals surface area contributed by atoms with E-state index < -0.39 is 0 Å². The number of benzene rings is 1. The Morgan fingerprint density at radius 3 is 2.00 bits per heavy atom. The first kappa shape index (κ1) is 13.9. The molecule has 0 saturated carbocycles. The zero-order chi connectivity index (χ0) is 14.7. The smallest absolute Gasteiger partial charge is 0.259 e. The molecule has 0 aliphatic heterocycles. The molecular weight excluding hydrogens is 256 g/mol. The maximum absolute atomic E-state index is 12.1. The summed E-state index contributed by atoms with van der Waals surface area (Å²) in [7, 11) is 0. The summed E-state index contributed by atoms with van der Waals surface area (Å²) in [5, 5.41) is 5.46. The number of nitrogens with one attached hydrogen (secondary N) is 2. The Morgan fingerprint density at radius 1 is 1.00 bits per heavy atom. The molecule has 0 atom stereocenters. The molecule has 0 saturated heterocycles. The topological polar surface area (TPSA) is 71.3 Å². The highest BCUT2D eigenvalue weighted by atomic mass is 16.3. The Kier molecular flexibility index (Phi) is 3.89. The Balaban J connectivity index is 2.10. The number of carbonyl (C=O) groups excluding carboxylic acids is 2. The minimum Gasteiger partial charge on any atom is -0.469 e. The molecule has 2 amide bonds. The molecule has 0 bridgehead atoms. The summed E-state index contributed by atoms with van der Waals surface area (Å²) < 4.78 is 5.21.